The molecule has 1 N–H and O–H groups in total. The highest BCUT2D eigenvalue weighted by Crippen LogP contribution is 2.18. The summed E-state index contributed by atoms with van der Waals surface area (Å²) in [7, 11) is 3.33. The Balaban J connectivity index is 1.65. The van der Waals surface area contributed by atoms with E-state index in [9.17, 15) is 9.59 Å². The third-order valence-corrected chi connectivity index (χ3v) is 5.72. The third kappa shape index (κ3) is 4.74. The van der Waals surface area contributed by atoms with E-state index in [1.54, 1.807) is 30.3 Å². The molecule has 4 nitrogen and oxygen atoms in total. The van der Waals surface area contributed by atoms with Crippen LogP contribution in [0.25, 0.3) is 10.8 Å². The van der Waals surface area contributed by atoms with Crippen molar-refractivity contribution in [3.05, 3.63) is 70.4 Å². The normalized spacial score (nSPS) is 11.9. The number of nitrogens with zero attached hydrogens (tertiary/aromatic N) is 1. The molecule has 0 saturated carbocycles. The van der Waals surface area contributed by atoms with E-state index in [1.807, 2.05) is 29.6 Å². The van der Waals surface area contributed by atoms with Crippen LogP contribution in [0.15, 0.2) is 60.0 Å². The smallest absolute Gasteiger partial charge is 0.242 e. The average Bonchev–Trinajstić information content (AvgIpc) is 3.22. The highest BCUT2D eigenvalue weighted by atomic mass is 32.1. The van der Waals surface area contributed by atoms with Gasteiger partial charge in [-0.2, -0.15) is 0 Å². The summed E-state index contributed by atoms with van der Waals surface area (Å²) < 4.78 is 0. The number of hydrogen-bond donors (Lipinski definition) is 1. The molecule has 2 amide bonds. The van der Waals surface area contributed by atoms with Crippen molar-refractivity contribution in [2.75, 3.05) is 14.1 Å². The van der Waals surface area contributed by atoms with E-state index in [4.69, 9.17) is 0 Å². The van der Waals surface area contributed by atoms with E-state index in [0.717, 1.165) is 10.4 Å². The lowest BCUT2D eigenvalue weighted by Gasteiger charge is -2.26. The van der Waals surface area contributed by atoms with Crippen LogP contribution in [0.4, 0.5) is 0 Å². The van der Waals surface area contributed by atoms with Crippen LogP contribution in [-0.2, 0) is 22.4 Å². The molecule has 0 aliphatic heterocycles. The molecule has 0 bridgehead atoms. The third-order valence-electron chi connectivity index (χ3n) is 4.83. The van der Waals surface area contributed by atoms with Gasteiger partial charge in [-0.15, -0.1) is 11.3 Å². The maximum Gasteiger partial charge on any atom is 0.242 e. The summed E-state index contributed by atoms with van der Waals surface area (Å²) in [6.07, 6.45) is 1.58. The van der Waals surface area contributed by atoms with Crippen molar-refractivity contribution in [1.29, 1.82) is 0 Å². The molecule has 1 atom stereocenters. The number of likely N-dealkylation sites (N-methyl/N-ethyl adjacent to an activating group) is 2. The number of benzene rings is 2. The summed E-state index contributed by atoms with van der Waals surface area (Å²) in [6.45, 7) is 0. The Hall–Kier alpha value is -2.66. The van der Waals surface area contributed by atoms with Crippen molar-refractivity contribution in [3.8, 4) is 0 Å². The number of fused-ring (bicyclic) bond motifs is 1. The molecule has 0 saturated heterocycles. The van der Waals surface area contributed by atoms with E-state index in [0.29, 0.717) is 19.3 Å². The zero-order valence-corrected chi connectivity index (χ0v) is 16.5. The fraction of sp³-hybridized carbons (Fsp3) is 0.273. The van der Waals surface area contributed by atoms with Crippen LogP contribution in [0.5, 0.6) is 0 Å². The number of nitrogens with one attached hydrogen (secondary N) is 1. The first-order valence-corrected chi connectivity index (χ1v) is 9.94. The average molecular weight is 381 g/mol. The van der Waals surface area contributed by atoms with Crippen LogP contribution in [0, 0.1) is 0 Å². The van der Waals surface area contributed by atoms with E-state index in [-0.39, 0.29) is 11.8 Å². The standard InChI is InChI=1S/C22H24N2O2S/c1-23-22(26)20(15-19-8-5-13-27-19)24(2)21(25)12-10-16-9-11-17-6-3-4-7-18(17)14-16/h3-9,11,13-14,20H,10,12,15H2,1-2H3,(H,23,26)/t20-/m1/s1. The minimum absolute atomic E-state index is 0.0201. The van der Waals surface area contributed by atoms with Gasteiger partial charge in [0.05, 0.1) is 0 Å². The van der Waals surface area contributed by atoms with Gasteiger partial charge in [0.2, 0.25) is 11.8 Å². The number of rotatable bonds is 7. The zero-order valence-electron chi connectivity index (χ0n) is 15.6. The second kappa shape index (κ2) is 8.82. The molecule has 0 radical (unpaired) electrons. The molecule has 5 heteroatoms. The van der Waals surface area contributed by atoms with Crippen LogP contribution < -0.4 is 5.32 Å². The Morgan fingerprint density at radius 2 is 1.85 bits per heavy atom. The first kappa shape index (κ1) is 19.1. The van der Waals surface area contributed by atoms with Gasteiger partial charge in [0.25, 0.3) is 0 Å². The summed E-state index contributed by atoms with van der Waals surface area (Å²) in [6, 6.07) is 17.9. The Morgan fingerprint density at radius 3 is 2.56 bits per heavy atom. The van der Waals surface area contributed by atoms with Gasteiger partial charge >= 0.3 is 0 Å². The lowest BCUT2D eigenvalue weighted by Crippen LogP contribution is -2.48. The number of hydrogen-bond acceptors (Lipinski definition) is 3. The predicted octanol–water partition coefficient (Wildman–Crippen LogP) is 3.65. The van der Waals surface area contributed by atoms with Crippen LogP contribution in [0.1, 0.15) is 16.9 Å². The fourth-order valence-corrected chi connectivity index (χ4v) is 3.93. The molecule has 0 unspecified atom stereocenters. The van der Waals surface area contributed by atoms with Crippen molar-refractivity contribution in [2.45, 2.75) is 25.3 Å². The molecule has 27 heavy (non-hydrogen) atoms. The van der Waals surface area contributed by atoms with Crippen LogP contribution in [0.3, 0.4) is 0 Å². The second-order valence-electron chi connectivity index (χ2n) is 6.60. The van der Waals surface area contributed by atoms with Crippen molar-refractivity contribution in [2.24, 2.45) is 0 Å². The van der Waals surface area contributed by atoms with Gasteiger partial charge in [0.15, 0.2) is 0 Å². The Bertz CT molecular complexity index is 921. The van der Waals surface area contributed by atoms with Crippen LogP contribution >= 0.6 is 11.3 Å². The molecule has 0 aliphatic rings. The van der Waals surface area contributed by atoms with Gasteiger partial charge in [-0.3, -0.25) is 9.59 Å². The number of amides is 2. The topological polar surface area (TPSA) is 49.4 Å². The SMILES string of the molecule is CNC(=O)[C@@H](Cc1cccs1)N(C)C(=O)CCc1ccc2ccccc2c1. The van der Waals surface area contributed by atoms with E-state index in [2.05, 4.69) is 35.6 Å². The first-order valence-electron chi connectivity index (χ1n) is 9.06. The molecule has 140 valence electrons. The van der Waals surface area contributed by atoms with Gasteiger partial charge in [0.1, 0.15) is 6.04 Å². The Kier molecular flexibility index (Phi) is 6.24. The maximum atomic E-state index is 12.7. The zero-order chi connectivity index (χ0) is 19.2. The number of thiophene rings is 1. The maximum absolute atomic E-state index is 12.7. The molecule has 0 fully saturated rings. The van der Waals surface area contributed by atoms with E-state index >= 15 is 0 Å². The van der Waals surface area contributed by atoms with E-state index in [1.165, 1.54) is 10.8 Å². The number of carbonyl (C=O) groups is 2. The fourth-order valence-electron chi connectivity index (χ4n) is 3.19. The molecule has 0 spiro atoms. The molecular weight excluding hydrogens is 356 g/mol. The Morgan fingerprint density at radius 1 is 1.07 bits per heavy atom. The minimum atomic E-state index is -0.488. The van der Waals surface area contributed by atoms with Crippen molar-refractivity contribution in [3.63, 3.8) is 0 Å². The summed E-state index contributed by atoms with van der Waals surface area (Å²) >= 11 is 1.60. The van der Waals surface area contributed by atoms with Crippen LogP contribution in [0.2, 0.25) is 0 Å². The highest BCUT2D eigenvalue weighted by molar-refractivity contribution is 7.09. The summed E-state index contributed by atoms with van der Waals surface area (Å²) in [4.78, 5) is 27.7. The molecule has 2 aromatic carbocycles. The predicted molar refractivity (Wildman–Crippen MR) is 111 cm³/mol. The number of carbonyl (C=O) groups excluding carboxylic acids is 2. The monoisotopic (exact) mass is 380 g/mol. The number of aryl methyl sites for hydroxylation is 1. The summed E-state index contributed by atoms with van der Waals surface area (Å²) in [5, 5.41) is 7.04. The van der Waals surface area contributed by atoms with Crippen molar-refractivity contribution < 1.29 is 9.59 Å². The first-order chi connectivity index (χ1) is 13.1. The largest absolute Gasteiger partial charge is 0.357 e. The minimum Gasteiger partial charge on any atom is -0.357 e. The highest BCUT2D eigenvalue weighted by Gasteiger charge is 2.26. The van der Waals surface area contributed by atoms with Gasteiger partial charge in [-0.05, 0) is 34.2 Å². The summed E-state index contributed by atoms with van der Waals surface area (Å²) in [5.74, 6) is -0.154. The molecular formula is C22H24N2O2S. The molecule has 3 aromatic rings. The van der Waals surface area contributed by atoms with Crippen molar-refractivity contribution >= 4 is 33.9 Å². The van der Waals surface area contributed by atoms with Gasteiger partial charge in [0, 0.05) is 31.8 Å². The molecule has 1 heterocycles. The van der Waals surface area contributed by atoms with Gasteiger partial charge < -0.3 is 10.2 Å². The molecule has 1 aromatic heterocycles. The van der Waals surface area contributed by atoms with Gasteiger partial charge in [-0.1, -0.05) is 48.5 Å². The Labute approximate surface area is 163 Å². The van der Waals surface area contributed by atoms with Crippen LogP contribution in [-0.4, -0.2) is 36.9 Å². The summed E-state index contributed by atoms with van der Waals surface area (Å²) in [5.41, 5.74) is 1.13. The lowest BCUT2D eigenvalue weighted by molar-refractivity contribution is -0.138. The van der Waals surface area contributed by atoms with Crippen molar-refractivity contribution in [1.82, 2.24) is 10.2 Å². The lowest BCUT2D eigenvalue weighted by atomic mass is 10.0. The second-order valence-corrected chi connectivity index (χ2v) is 7.63. The quantitative estimate of drug-likeness (QED) is 0.680. The molecule has 0 aliphatic carbocycles. The molecule has 3 rings (SSSR count). The van der Waals surface area contributed by atoms with E-state index < -0.39 is 6.04 Å². The van der Waals surface area contributed by atoms with Gasteiger partial charge in [-0.25, -0.2) is 0 Å².